The van der Waals surface area contributed by atoms with Crippen LogP contribution in [0.15, 0.2) is 59.1 Å². The Bertz CT molecular complexity index is 1060. The molecule has 0 saturated carbocycles. The zero-order chi connectivity index (χ0) is 22.7. The topological polar surface area (TPSA) is 71.3 Å². The van der Waals surface area contributed by atoms with Crippen LogP contribution in [0.1, 0.15) is 47.6 Å². The number of carbonyl (C=O) groups is 1. The Morgan fingerprint density at radius 2 is 1.84 bits per heavy atom. The van der Waals surface area contributed by atoms with Crippen LogP contribution in [0.3, 0.4) is 0 Å². The second-order valence-corrected chi connectivity index (χ2v) is 7.86. The van der Waals surface area contributed by atoms with E-state index in [1.54, 1.807) is 12.1 Å². The lowest BCUT2D eigenvalue weighted by atomic mass is 10.0. The van der Waals surface area contributed by atoms with Crippen LogP contribution in [0.4, 0.5) is 13.2 Å². The van der Waals surface area contributed by atoms with E-state index in [0.29, 0.717) is 11.5 Å². The molecule has 9 heteroatoms. The molecular weight excluding hydrogens is 421 g/mol. The number of benzene rings is 2. The molecule has 0 radical (unpaired) electrons. The van der Waals surface area contributed by atoms with Gasteiger partial charge < -0.3 is 9.84 Å². The second kappa shape index (κ2) is 9.12. The van der Waals surface area contributed by atoms with Crippen molar-refractivity contribution in [3.8, 4) is 11.4 Å². The number of hydrogen-bond donors (Lipinski definition) is 1. The SMILES string of the molecule is CC(c1nc(-c2cccc(C(F)(F)F)c2)no1)N1CCC(NC(=O)c2ccccc2)CC1. The molecule has 2 heterocycles. The fourth-order valence-corrected chi connectivity index (χ4v) is 3.80. The van der Waals surface area contributed by atoms with Crippen molar-refractivity contribution >= 4 is 5.91 Å². The number of alkyl halides is 3. The van der Waals surface area contributed by atoms with E-state index < -0.39 is 11.7 Å². The van der Waals surface area contributed by atoms with Crippen molar-refractivity contribution in [1.82, 2.24) is 20.4 Å². The Morgan fingerprint density at radius 1 is 1.12 bits per heavy atom. The van der Waals surface area contributed by atoms with Gasteiger partial charge >= 0.3 is 6.18 Å². The Labute approximate surface area is 183 Å². The Kier molecular flexibility index (Phi) is 6.27. The van der Waals surface area contributed by atoms with Crippen LogP contribution in [-0.4, -0.2) is 40.1 Å². The minimum atomic E-state index is -4.43. The third-order valence-electron chi connectivity index (χ3n) is 5.70. The molecule has 1 fully saturated rings. The average Bonchev–Trinajstić information content (AvgIpc) is 3.30. The molecule has 0 spiro atoms. The first-order valence-electron chi connectivity index (χ1n) is 10.4. The number of piperidine rings is 1. The molecule has 0 bridgehead atoms. The van der Waals surface area contributed by atoms with E-state index in [1.807, 2.05) is 25.1 Å². The summed E-state index contributed by atoms with van der Waals surface area (Å²) in [5.41, 5.74) is 0.134. The molecule has 6 nitrogen and oxygen atoms in total. The van der Waals surface area contributed by atoms with Gasteiger partial charge in [0.25, 0.3) is 5.91 Å². The van der Waals surface area contributed by atoms with Gasteiger partial charge in [0, 0.05) is 30.3 Å². The molecule has 4 rings (SSSR count). The summed E-state index contributed by atoms with van der Waals surface area (Å²) in [7, 11) is 0. The Morgan fingerprint density at radius 3 is 2.53 bits per heavy atom. The Hall–Kier alpha value is -3.20. The summed E-state index contributed by atoms with van der Waals surface area (Å²) in [5.74, 6) is 0.395. The first kappa shape index (κ1) is 22.0. The summed E-state index contributed by atoms with van der Waals surface area (Å²) in [6.07, 6.45) is -2.88. The van der Waals surface area contributed by atoms with Gasteiger partial charge in [-0.1, -0.05) is 35.5 Å². The lowest BCUT2D eigenvalue weighted by Crippen LogP contribution is -2.45. The van der Waals surface area contributed by atoms with E-state index in [4.69, 9.17) is 4.52 Å². The number of carbonyl (C=O) groups excluding carboxylic acids is 1. The van der Waals surface area contributed by atoms with Crippen LogP contribution in [-0.2, 0) is 6.18 Å². The predicted octanol–water partition coefficient (Wildman–Crippen LogP) is 4.71. The molecular formula is C23H23F3N4O2. The minimum absolute atomic E-state index is 0.0783. The van der Waals surface area contributed by atoms with E-state index >= 15 is 0 Å². The molecule has 1 amide bonds. The monoisotopic (exact) mass is 444 g/mol. The van der Waals surface area contributed by atoms with E-state index in [9.17, 15) is 18.0 Å². The number of nitrogens with one attached hydrogen (secondary N) is 1. The number of amides is 1. The fourth-order valence-electron chi connectivity index (χ4n) is 3.80. The van der Waals surface area contributed by atoms with Crippen molar-refractivity contribution < 1.29 is 22.5 Å². The highest BCUT2D eigenvalue weighted by molar-refractivity contribution is 5.94. The van der Waals surface area contributed by atoms with Crippen molar-refractivity contribution in [2.45, 2.75) is 38.0 Å². The molecule has 0 aliphatic carbocycles. The van der Waals surface area contributed by atoms with Crippen LogP contribution in [0.2, 0.25) is 0 Å². The average molecular weight is 444 g/mol. The fraction of sp³-hybridized carbons (Fsp3) is 0.348. The van der Waals surface area contributed by atoms with Crippen LogP contribution in [0.5, 0.6) is 0 Å². The van der Waals surface area contributed by atoms with E-state index in [0.717, 1.165) is 38.1 Å². The summed E-state index contributed by atoms with van der Waals surface area (Å²) in [5, 5.41) is 6.94. The minimum Gasteiger partial charge on any atom is -0.349 e. The summed E-state index contributed by atoms with van der Waals surface area (Å²) < 4.78 is 44.3. The zero-order valence-corrected chi connectivity index (χ0v) is 17.5. The summed E-state index contributed by atoms with van der Waals surface area (Å²) in [6, 6.07) is 13.9. The highest BCUT2D eigenvalue weighted by atomic mass is 19.4. The normalized spacial score (nSPS) is 16.6. The van der Waals surface area contributed by atoms with Crippen LogP contribution < -0.4 is 5.32 Å². The summed E-state index contributed by atoms with van der Waals surface area (Å²) in [6.45, 7) is 3.37. The van der Waals surface area contributed by atoms with Gasteiger partial charge in [0.05, 0.1) is 11.6 Å². The van der Waals surface area contributed by atoms with Crippen molar-refractivity contribution in [2.75, 3.05) is 13.1 Å². The van der Waals surface area contributed by atoms with E-state index in [2.05, 4.69) is 20.4 Å². The van der Waals surface area contributed by atoms with Gasteiger partial charge in [-0.05, 0) is 44.0 Å². The smallest absolute Gasteiger partial charge is 0.349 e. The molecule has 1 unspecified atom stereocenters. The molecule has 168 valence electrons. The maximum atomic E-state index is 13.0. The number of aromatic nitrogens is 2. The highest BCUT2D eigenvalue weighted by Gasteiger charge is 2.31. The maximum Gasteiger partial charge on any atom is 0.416 e. The molecule has 3 aromatic rings. The van der Waals surface area contributed by atoms with Crippen molar-refractivity contribution in [3.05, 3.63) is 71.6 Å². The number of nitrogens with zero attached hydrogens (tertiary/aromatic N) is 3. The standard InChI is InChI=1S/C23H23F3N4O2/c1-15(22-28-20(29-32-22)17-8-5-9-18(14-17)23(24,25)26)30-12-10-19(11-13-30)27-21(31)16-6-3-2-4-7-16/h2-9,14-15,19H,10-13H2,1H3,(H,27,31). The van der Waals surface area contributed by atoms with Crippen LogP contribution in [0, 0.1) is 0 Å². The van der Waals surface area contributed by atoms with Crippen molar-refractivity contribution in [3.63, 3.8) is 0 Å². The van der Waals surface area contributed by atoms with Gasteiger partial charge in [-0.15, -0.1) is 0 Å². The number of hydrogen-bond acceptors (Lipinski definition) is 5. The molecule has 1 aliphatic rings. The van der Waals surface area contributed by atoms with E-state index in [-0.39, 0.29) is 29.4 Å². The predicted molar refractivity (Wildman–Crippen MR) is 112 cm³/mol. The highest BCUT2D eigenvalue weighted by Crippen LogP contribution is 2.32. The molecule has 1 aliphatic heterocycles. The van der Waals surface area contributed by atoms with E-state index in [1.165, 1.54) is 12.1 Å². The first-order valence-corrected chi connectivity index (χ1v) is 10.4. The summed E-state index contributed by atoms with van der Waals surface area (Å²) >= 11 is 0. The third kappa shape index (κ3) is 4.99. The van der Waals surface area contributed by atoms with Crippen LogP contribution in [0.25, 0.3) is 11.4 Å². The van der Waals surface area contributed by atoms with Gasteiger partial charge in [-0.3, -0.25) is 9.69 Å². The molecule has 1 aromatic heterocycles. The zero-order valence-electron chi connectivity index (χ0n) is 17.5. The lowest BCUT2D eigenvalue weighted by Gasteiger charge is -2.34. The molecule has 1 atom stereocenters. The van der Waals surface area contributed by atoms with Crippen LogP contribution >= 0.6 is 0 Å². The molecule has 1 saturated heterocycles. The molecule has 1 N–H and O–H groups in total. The number of halogens is 3. The van der Waals surface area contributed by atoms with Gasteiger partial charge in [-0.25, -0.2) is 0 Å². The van der Waals surface area contributed by atoms with Gasteiger partial charge in [0.15, 0.2) is 0 Å². The first-order chi connectivity index (χ1) is 15.3. The quantitative estimate of drug-likeness (QED) is 0.617. The van der Waals surface area contributed by atoms with Gasteiger partial charge in [0.2, 0.25) is 11.7 Å². The van der Waals surface area contributed by atoms with Gasteiger partial charge in [0.1, 0.15) is 0 Å². The molecule has 2 aromatic carbocycles. The number of likely N-dealkylation sites (tertiary alicyclic amines) is 1. The largest absolute Gasteiger partial charge is 0.416 e. The van der Waals surface area contributed by atoms with Crippen molar-refractivity contribution in [1.29, 1.82) is 0 Å². The van der Waals surface area contributed by atoms with Crippen molar-refractivity contribution in [2.24, 2.45) is 0 Å². The third-order valence-corrected chi connectivity index (χ3v) is 5.70. The number of rotatable bonds is 5. The lowest BCUT2D eigenvalue weighted by molar-refractivity contribution is -0.137. The Balaban J connectivity index is 1.36. The molecule has 32 heavy (non-hydrogen) atoms. The summed E-state index contributed by atoms with van der Waals surface area (Å²) in [4.78, 5) is 18.8. The maximum absolute atomic E-state index is 13.0. The second-order valence-electron chi connectivity index (χ2n) is 7.86. The van der Waals surface area contributed by atoms with Gasteiger partial charge in [-0.2, -0.15) is 18.2 Å².